The average molecular weight is 252 g/mol. The van der Waals surface area contributed by atoms with Gasteiger partial charge in [-0.2, -0.15) is 0 Å². The van der Waals surface area contributed by atoms with Crippen LogP contribution in [-0.2, 0) is 4.79 Å². The molecule has 3 unspecified atom stereocenters. The Morgan fingerprint density at radius 2 is 1.56 bits per heavy atom. The van der Waals surface area contributed by atoms with E-state index < -0.39 is 6.10 Å². The molecule has 2 saturated carbocycles. The van der Waals surface area contributed by atoms with E-state index in [1.165, 1.54) is 25.7 Å². The molecule has 0 heterocycles. The van der Waals surface area contributed by atoms with Gasteiger partial charge in [-0.1, -0.05) is 33.1 Å². The molecule has 2 rings (SSSR count). The molecule has 2 nitrogen and oxygen atoms in total. The largest absolute Gasteiger partial charge is 0.385 e. The minimum Gasteiger partial charge on any atom is -0.385 e. The Morgan fingerprint density at radius 1 is 1.00 bits per heavy atom. The molecule has 0 radical (unpaired) electrons. The molecule has 0 aromatic heterocycles. The maximum absolute atomic E-state index is 12.4. The summed E-state index contributed by atoms with van der Waals surface area (Å²) < 4.78 is 0. The van der Waals surface area contributed by atoms with Crippen molar-refractivity contribution < 1.29 is 9.90 Å². The van der Waals surface area contributed by atoms with Crippen molar-refractivity contribution in [3.8, 4) is 0 Å². The molecule has 0 aromatic rings. The summed E-state index contributed by atoms with van der Waals surface area (Å²) in [6.07, 6.45) is 8.29. The number of Topliss-reactive ketones (excluding diaryl/α,β-unsaturated/α-hetero) is 1. The maximum atomic E-state index is 12.4. The minimum absolute atomic E-state index is 0.126. The van der Waals surface area contributed by atoms with Crippen LogP contribution in [0.5, 0.6) is 0 Å². The van der Waals surface area contributed by atoms with Crippen molar-refractivity contribution in [2.75, 3.05) is 0 Å². The highest BCUT2D eigenvalue weighted by Gasteiger charge is 2.35. The lowest BCUT2D eigenvalue weighted by Gasteiger charge is -2.34. The molecule has 2 aliphatic rings. The molecule has 18 heavy (non-hydrogen) atoms. The number of rotatable bonds is 3. The molecule has 3 atom stereocenters. The number of aliphatic hydroxyl groups excluding tert-OH is 1. The lowest BCUT2D eigenvalue weighted by Crippen LogP contribution is -2.38. The van der Waals surface area contributed by atoms with E-state index in [9.17, 15) is 9.90 Å². The van der Waals surface area contributed by atoms with Crippen LogP contribution in [0.1, 0.15) is 65.2 Å². The Balaban J connectivity index is 1.92. The molecular weight excluding hydrogens is 224 g/mol. The van der Waals surface area contributed by atoms with Crippen LogP contribution >= 0.6 is 0 Å². The second kappa shape index (κ2) is 6.18. The van der Waals surface area contributed by atoms with Gasteiger partial charge in [0.2, 0.25) is 0 Å². The third kappa shape index (κ3) is 3.34. The van der Waals surface area contributed by atoms with Crippen molar-refractivity contribution in [3.05, 3.63) is 0 Å². The van der Waals surface area contributed by atoms with Crippen molar-refractivity contribution in [1.29, 1.82) is 0 Å². The van der Waals surface area contributed by atoms with Crippen LogP contribution in [-0.4, -0.2) is 17.0 Å². The zero-order valence-corrected chi connectivity index (χ0v) is 11.9. The van der Waals surface area contributed by atoms with Crippen LogP contribution in [0.3, 0.4) is 0 Å². The van der Waals surface area contributed by atoms with Gasteiger partial charge in [0.05, 0.1) is 0 Å². The standard InChI is InChI=1S/C16H28O2/c1-11-8-12(2)10-14(9-11)16(18)15(17)13-6-4-3-5-7-13/h11-15,17H,3-10H2,1-2H3. The van der Waals surface area contributed by atoms with Gasteiger partial charge in [-0.25, -0.2) is 0 Å². The highest BCUT2D eigenvalue weighted by molar-refractivity contribution is 5.85. The molecule has 2 fully saturated rings. The smallest absolute Gasteiger partial charge is 0.164 e. The van der Waals surface area contributed by atoms with Crippen molar-refractivity contribution in [3.63, 3.8) is 0 Å². The fourth-order valence-electron chi connectivity index (χ4n) is 4.10. The van der Waals surface area contributed by atoms with Gasteiger partial charge >= 0.3 is 0 Å². The summed E-state index contributed by atoms with van der Waals surface area (Å²) in [6.45, 7) is 4.48. The summed E-state index contributed by atoms with van der Waals surface area (Å²) >= 11 is 0. The SMILES string of the molecule is CC1CC(C)CC(C(=O)C(O)C2CCCCC2)C1. The van der Waals surface area contributed by atoms with Gasteiger partial charge in [0.25, 0.3) is 0 Å². The molecule has 2 heteroatoms. The fourth-order valence-corrected chi connectivity index (χ4v) is 4.10. The van der Waals surface area contributed by atoms with Gasteiger partial charge in [0, 0.05) is 5.92 Å². The topological polar surface area (TPSA) is 37.3 Å². The van der Waals surface area contributed by atoms with Gasteiger partial charge < -0.3 is 5.11 Å². The van der Waals surface area contributed by atoms with Crippen LogP contribution < -0.4 is 0 Å². The Morgan fingerprint density at radius 3 is 2.11 bits per heavy atom. The summed E-state index contributed by atoms with van der Waals surface area (Å²) in [6, 6.07) is 0. The Labute approximate surface area is 111 Å². The highest BCUT2D eigenvalue weighted by atomic mass is 16.3. The first-order valence-corrected chi connectivity index (χ1v) is 7.79. The third-order valence-electron chi connectivity index (χ3n) is 4.97. The van der Waals surface area contributed by atoms with E-state index >= 15 is 0 Å². The lowest BCUT2D eigenvalue weighted by atomic mass is 9.72. The molecule has 0 aliphatic heterocycles. The molecule has 0 aromatic carbocycles. The first kappa shape index (κ1) is 14.0. The van der Waals surface area contributed by atoms with Crippen molar-refractivity contribution >= 4 is 5.78 Å². The number of aliphatic hydroxyl groups is 1. The monoisotopic (exact) mass is 252 g/mol. The maximum Gasteiger partial charge on any atom is 0.164 e. The summed E-state index contributed by atoms with van der Waals surface area (Å²) in [5.74, 6) is 1.81. The van der Waals surface area contributed by atoms with Gasteiger partial charge in [0.1, 0.15) is 6.10 Å². The van der Waals surface area contributed by atoms with Gasteiger partial charge in [-0.3, -0.25) is 4.79 Å². The van der Waals surface area contributed by atoms with Crippen molar-refractivity contribution in [2.24, 2.45) is 23.7 Å². The van der Waals surface area contributed by atoms with E-state index in [1.54, 1.807) is 0 Å². The first-order valence-electron chi connectivity index (χ1n) is 7.79. The molecule has 0 spiro atoms. The van der Waals surface area contributed by atoms with Crippen molar-refractivity contribution in [2.45, 2.75) is 71.3 Å². The van der Waals surface area contributed by atoms with Gasteiger partial charge in [-0.05, 0) is 49.9 Å². The quantitative estimate of drug-likeness (QED) is 0.833. The van der Waals surface area contributed by atoms with E-state index in [0.717, 1.165) is 25.7 Å². The summed E-state index contributed by atoms with van der Waals surface area (Å²) in [7, 11) is 0. The zero-order chi connectivity index (χ0) is 13.1. The van der Waals surface area contributed by atoms with Crippen molar-refractivity contribution in [1.82, 2.24) is 0 Å². The summed E-state index contributed by atoms with van der Waals surface area (Å²) in [5.41, 5.74) is 0. The summed E-state index contributed by atoms with van der Waals surface area (Å²) in [5, 5.41) is 10.3. The highest BCUT2D eigenvalue weighted by Crippen LogP contribution is 2.36. The Kier molecular flexibility index (Phi) is 4.83. The first-order chi connectivity index (χ1) is 8.58. The molecular formula is C16H28O2. The second-order valence-electron chi connectivity index (χ2n) is 6.86. The van der Waals surface area contributed by atoms with E-state index in [-0.39, 0.29) is 17.6 Å². The number of carbonyl (C=O) groups excluding carboxylic acids is 1. The van der Waals surface area contributed by atoms with Crippen LogP contribution in [0.4, 0.5) is 0 Å². The van der Waals surface area contributed by atoms with Crippen LogP contribution in [0, 0.1) is 23.7 Å². The molecule has 1 N–H and O–H groups in total. The molecule has 0 amide bonds. The van der Waals surface area contributed by atoms with Crippen LogP contribution in [0.25, 0.3) is 0 Å². The van der Waals surface area contributed by atoms with Crippen LogP contribution in [0.2, 0.25) is 0 Å². The van der Waals surface area contributed by atoms with E-state index in [1.807, 2.05) is 0 Å². The number of hydrogen-bond donors (Lipinski definition) is 1. The lowest BCUT2D eigenvalue weighted by molar-refractivity contribution is -0.136. The van der Waals surface area contributed by atoms with E-state index in [0.29, 0.717) is 11.8 Å². The fraction of sp³-hybridized carbons (Fsp3) is 0.938. The Bertz CT molecular complexity index is 271. The number of ketones is 1. The third-order valence-corrected chi connectivity index (χ3v) is 4.97. The molecule has 0 saturated heterocycles. The van der Waals surface area contributed by atoms with Gasteiger partial charge in [0.15, 0.2) is 5.78 Å². The molecule has 2 aliphatic carbocycles. The number of hydrogen-bond acceptors (Lipinski definition) is 2. The number of carbonyl (C=O) groups is 1. The minimum atomic E-state index is -0.673. The van der Waals surface area contributed by atoms with E-state index in [4.69, 9.17) is 0 Å². The summed E-state index contributed by atoms with van der Waals surface area (Å²) in [4.78, 5) is 12.4. The average Bonchev–Trinajstić information content (AvgIpc) is 2.37. The Hall–Kier alpha value is -0.370. The predicted molar refractivity (Wildman–Crippen MR) is 73.3 cm³/mol. The van der Waals surface area contributed by atoms with Crippen LogP contribution in [0.15, 0.2) is 0 Å². The van der Waals surface area contributed by atoms with Gasteiger partial charge in [-0.15, -0.1) is 0 Å². The predicted octanol–water partition coefficient (Wildman–Crippen LogP) is 3.57. The van der Waals surface area contributed by atoms with E-state index in [2.05, 4.69) is 13.8 Å². The molecule has 104 valence electrons. The second-order valence-corrected chi connectivity index (χ2v) is 6.86. The molecule has 0 bridgehead atoms. The zero-order valence-electron chi connectivity index (χ0n) is 11.9. The normalized spacial score (nSPS) is 36.3.